The van der Waals surface area contributed by atoms with Crippen molar-refractivity contribution in [3.05, 3.63) is 60.0 Å². The minimum absolute atomic E-state index is 0.592. The second-order valence-corrected chi connectivity index (χ2v) is 7.41. The molecule has 146 valence electrons. The first kappa shape index (κ1) is 18.5. The van der Waals surface area contributed by atoms with Crippen molar-refractivity contribution < 1.29 is 14.0 Å². The van der Waals surface area contributed by atoms with Crippen LogP contribution in [0.2, 0.25) is 0 Å². The van der Waals surface area contributed by atoms with E-state index < -0.39 is 0 Å². The molecule has 1 aliphatic rings. The fourth-order valence-electron chi connectivity index (χ4n) is 4.10. The third kappa shape index (κ3) is 4.03. The Bertz CT molecular complexity index is 899. The number of aromatic nitrogens is 2. The average Bonchev–Trinajstić information content (AvgIpc) is 3.23. The molecule has 4 rings (SSSR count). The Morgan fingerprint density at radius 1 is 0.929 bits per heavy atom. The zero-order valence-electron chi connectivity index (χ0n) is 16.4. The summed E-state index contributed by atoms with van der Waals surface area (Å²) in [7, 11) is 3.24. The van der Waals surface area contributed by atoms with Gasteiger partial charge >= 0.3 is 0 Å². The Morgan fingerprint density at radius 3 is 2.39 bits per heavy atom. The molecule has 0 spiro atoms. The molecule has 0 atom stereocenters. The van der Waals surface area contributed by atoms with Crippen LogP contribution in [0, 0.1) is 5.92 Å². The van der Waals surface area contributed by atoms with E-state index in [9.17, 15) is 0 Å². The molecular formula is C23H26N2O3. The lowest BCUT2D eigenvalue weighted by Gasteiger charge is -2.28. The molecule has 0 saturated heterocycles. The Labute approximate surface area is 165 Å². The molecular weight excluding hydrogens is 352 g/mol. The third-order valence-corrected chi connectivity index (χ3v) is 5.69. The molecule has 0 bridgehead atoms. The molecule has 0 amide bonds. The summed E-state index contributed by atoms with van der Waals surface area (Å²) >= 11 is 0. The number of nitrogens with zero attached hydrogens (tertiary/aromatic N) is 2. The van der Waals surface area contributed by atoms with Crippen LogP contribution < -0.4 is 9.47 Å². The minimum Gasteiger partial charge on any atom is -0.493 e. The number of hydrogen-bond donors (Lipinski definition) is 0. The molecule has 0 N–H and O–H groups in total. The molecule has 1 fully saturated rings. The summed E-state index contributed by atoms with van der Waals surface area (Å²) in [4.78, 5) is 4.61. The zero-order valence-corrected chi connectivity index (χ0v) is 16.4. The predicted octanol–water partition coefficient (Wildman–Crippen LogP) is 5.27. The predicted molar refractivity (Wildman–Crippen MR) is 108 cm³/mol. The van der Waals surface area contributed by atoms with Gasteiger partial charge in [0.15, 0.2) is 11.5 Å². The van der Waals surface area contributed by atoms with Gasteiger partial charge in [0.1, 0.15) is 0 Å². The highest BCUT2D eigenvalue weighted by Gasteiger charge is 2.24. The first-order valence-corrected chi connectivity index (χ1v) is 9.86. The molecule has 3 aromatic rings. The van der Waals surface area contributed by atoms with Gasteiger partial charge in [-0.05, 0) is 61.3 Å². The van der Waals surface area contributed by atoms with Crippen LogP contribution in [0.5, 0.6) is 11.5 Å². The van der Waals surface area contributed by atoms with E-state index in [1.807, 2.05) is 18.2 Å². The van der Waals surface area contributed by atoms with Crippen LogP contribution in [0.15, 0.2) is 53.1 Å². The molecule has 1 heterocycles. The number of ether oxygens (including phenoxy) is 2. The minimum atomic E-state index is 0.592. The summed E-state index contributed by atoms with van der Waals surface area (Å²) in [6, 6.07) is 16.5. The summed E-state index contributed by atoms with van der Waals surface area (Å²) in [5.41, 5.74) is 2.33. The smallest absolute Gasteiger partial charge is 0.227 e. The van der Waals surface area contributed by atoms with Crippen molar-refractivity contribution in [3.8, 4) is 22.9 Å². The lowest BCUT2D eigenvalue weighted by Crippen LogP contribution is -2.15. The summed E-state index contributed by atoms with van der Waals surface area (Å²) in [6.45, 7) is 0. The summed E-state index contributed by atoms with van der Waals surface area (Å²) in [6.07, 6.45) is 5.71. The van der Waals surface area contributed by atoms with Crippen LogP contribution in [-0.4, -0.2) is 24.4 Å². The van der Waals surface area contributed by atoms with Gasteiger partial charge in [-0.2, -0.15) is 4.98 Å². The van der Waals surface area contributed by atoms with Crippen molar-refractivity contribution in [2.45, 2.75) is 38.0 Å². The molecule has 1 aromatic heterocycles. The molecule has 28 heavy (non-hydrogen) atoms. The molecule has 1 saturated carbocycles. The Kier molecular flexibility index (Phi) is 5.60. The fourth-order valence-corrected chi connectivity index (χ4v) is 4.10. The number of methoxy groups -OCH3 is 2. The molecule has 0 radical (unpaired) electrons. The first-order chi connectivity index (χ1) is 13.8. The van der Waals surface area contributed by atoms with Gasteiger partial charge in [0.2, 0.25) is 11.7 Å². The van der Waals surface area contributed by atoms with Gasteiger partial charge in [-0.1, -0.05) is 35.5 Å². The van der Waals surface area contributed by atoms with Crippen LogP contribution in [0.3, 0.4) is 0 Å². The highest BCUT2D eigenvalue weighted by Crippen LogP contribution is 2.37. The van der Waals surface area contributed by atoms with E-state index in [1.165, 1.54) is 31.2 Å². The highest BCUT2D eigenvalue weighted by atomic mass is 16.5. The van der Waals surface area contributed by atoms with Gasteiger partial charge in [-0.15, -0.1) is 0 Å². The maximum absolute atomic E-state index is 5.53. The maximum atomic E-state index is 5.53. The largest absolute Gasteiger partial charge is 0.493 e. The Morgan fingerprint density at radius 2 is 1.68 bits per heavy atom. The normalized spacial score (nSPS) is 19.4. The summed E-state index contributed by atoms with van der Waals surface area (Å²) in [5, 5.41) is 4.16. The Hall–Kier alpha value is -2.82. The van der Waals surface area contributed by atoms with Crippen molar-refractivity contribution in [3.63, 3.8) is 0 Å². The van der Waals surface area contributed by atoms with Crippen LogP contribution >= 0.6 is 0 Å². The van der Waals surface area contributed by atoms with Gasteiger partial charge in [-0.25, -0.2) is 0 Å². The van der Waals surface area contributed by atoms with Gasteiger partial charge in [0, 0.05) is 12.0 Å². The zero-order chi connectivity index (χ0) is 19.3. The van der Waals surface area contributed by atoms with E-state index in [-0.39, 0.29) is 0 Å². The van der Waals surface area contributed by atoms with Crippen LogP contribution in [0.25, 0.3) is 11.4 Å². The lowest BCUT2D eigenvalue weighted by atomic mass is 9.77. The topological polar surface area (TPSA) is 57.4 Å². The van der Waals surface area contributed by atoms with E-state index in [0.29, 0.717) is 35.0 Å². The average molecular weight is 378 g/mol. The van der Waals surface area contributed by atoms with Crippen molar-refractivity contribution in [1.29, 1.82) is 0 Å². The van der Waals surface area contributed by atoms with Gasteiger partial charge in [0.25, 0.3) is 0 Å². The molecule has 0 aliphatic heterocycles. The summed E-state index contributed by atoms with van der Waals surface area (Å²) < 4.78 is 16.2. The van der Waals surface area contributed by atoms with E-state index in [4.69, 9.17) is 14.0 Å². The van der Waals surface area contributed by atoms with Gasteiger partial charge in [-0.3, -0.25) is 0 Å². The molecule has 0 unspecified atom stereocenters. The lowest BCUT2D eigenvalue weighted by molar-refractivity contribution is 0.288. The second kappa shape index (κ2) is 8.46. The number of benzene rings is 2. The van der Waals surface area contributed by atoms with Crippen LogP contribution in [0.4, 0.5) is 0 Å². The van der Waals surface area contributed by atoms with Crippen LogP contribution in [0.1, 0.15) is 43.1 Å². The van der Waals surface area contributed by atoms with E-state index >= 15 is 0 Å². The van der Waals surface area contributed by atoms with E-state index in [0.717, 1.165) is 12.0 Å². The van der Waals surface area contributed by atoms with Crippen molar-refractivity contribution in [2.75, 3.05) is 14.2 Å². The van der Waals surface area contributed by atoms with Crippen LogP contribution in [-0.2, 0) is 6.42 Å². The molecule has 2 aromatic carbocycles. The van der Waals surface area contributed by atoms with E-state index in [2.05, 4.69) is 40.5 Å². The SMILES string of the molecule is COc1ccc(-c2noc(CC3CCC(c4ccccc4)CC3)n2)cc1OC. The number of rotatable bonds is 6. The van der Waals surface area contributed by atoms with Crippen molar-refractivity contribution >= 4 is 0 Å². The fraction of sp³-hybridized carbons (Fsp3) is 0.391. The first-order valence-electron chi connectivity index (χ1n) is 9.86. The quantitative estimate of drug-likeness (QED) is 0.585. The molecule has 1 aliphatic carbocycles. The third-order valence-electron chi connectivity index (χ3n) is 5.69. The highest BCUT2D eigenvalue weighted by molar-refractivity contribution is 5.60. The van der Waals surface area contributed by atoms with Crippen molar-refractivity contribution in [1.82, 2.24) is 10.1 Å². The molecule has 5 heteroatoms. The standard InChI is InChI=1S/C23H26N2O3/c1-26-20-13-12-19(15-21(20)27-2)23-24-22(28-25-23)14-16-8-10-18(11-9-16)17-6-4-3-5-7-17/h3-7,12-13,15-16,18H,8-11,14H2,1-2H3. The van der Waals surface area contributed by atoms with E-state index in [1.54, 1.807) is 14.2 Å². The number of hydrogen-bond acceptors (Lipinski definition) is 5. The molecule has 5 nitrogen and oxygen atoms in total. The summed E-state index contributed by atoms with van der Waals surface area (Å²) in [5.74, 6) is 3.94. The maximum Gasteiger partial charge on any atom is 0.227 e. The monoisotopic (exact) mass is 378 g/mol. The van der Waals surface area contributed by atoms with Crippen molar-refractivity contribution in [2.24, 2.45) is 5.92 Å². The Balaban J connectivity index is 1.38. The second-order valence-electron chi connectivity index (χ2n) is 7.41. The van der Waals surface area contributed by atoms with Gasteiger partial charge in [0.05, 0.1) is 14.2 Å². The van der Waals surface area contributed by atoms with Gasteiger partial charge < -0.3 is 14.0 Å².